The van der Waals surface area contributed by atoms with E-state index in [-0.39, 0.29) is 17.7 Å². The molecule has 0 spiro atoms. The lowest BCUT2D eigenvalue weighted by atomic mass is 10.1. The number of carbonyl (C=O) groups excluding carboxylic acids is 2. The molecule has 0 fully saturated rings. The highest BCUT2D eigenvalue weighted by atomic mass is 16.5. The van der Waals surface area contributed by atoms with Crippen LogP contribution < -0.4 is 10.6 Å². The first kappa shape index (κ1) is 17.7. The van der Waals surface area contributed by atoms with Gasteiger partial charge in [-0.1, -0.05) is 26.0 Å². The molecule has 5 heteroatoms. The molecule has 2 N–H and O–H groups in total. The van der Waals surface area contributed by atoms with Crippen molar-refractivity contribution in [3.8, 4) is 0 Å². The van der Waals surface area contributed by atoms with Crippen molar-refractivity contribution in [1.29, 1.82) is 0 Å². The van der Waals surface area contributed by atoms with E-state index in [9.17, 15) is 9.59 Å². The summed E-state index contributed by atoms with van der Waals surface area (Å²) in [5.41, 5.74) is 2.88. The number of hydrogen-bond donors (Lipinski definition) is 2. The maximum atomic E-state index is 12.3. The second-order valence-corrected chi connectivity index (χ2v) is 5.81. The third-order valence-corrected chi connectivity index (χ3v) is 3.43. The zero-order chi connectivity index (χ0) is 17.5. The Morgan fingerprint density at radius 3 is 2.21 bits per heavy atom. The fourth-order valence-electron chi connectivity index (χ4n) is 2.10. The molecule has 24 heavy (non-hydrogen) atoms. The molecule has 0 aliphatic heterocycles. The van der Waals surface area contributed by atoms with Crippen molar-refractivity contribution in [1.82, 2.24) is 0 Å². The molecule has 126 valence electrons. The van der Waals surface area contributed by atoms with Crippen LogP contribution in [0.15, 0.2) is 48.5 Å². The first-order chi connectivity index (χ1) is 11.5. The molecule has 2 amide bonds. The van der Waals surface area contributed by atoms with Crippen LogP contribution in [0.1, 0.15) is 29.8 Å². The van der Waals surface area contributed by atoms with Gasteiger partial charge in [0.15, 0.2) is 0 Å². The van der Waals surface area contributed by atoms with E-state index in [1.165, 1.54) is 0 Å². The van der Waals surface area contributed by atoms with E-state index in [1.807, 2.05) is 26.0 Å². The first-order valence-corrected chi connectivity index (χ1v) is 7.79. The van der Waals surface area contributed by atoms with Gasteiger partial charge in [-0.15, -0.1) is 0 Å². The summed E-state index contributed by atoms with van der Waals surface area (Å²) in [6, 6.07) is 14.3. The topological polar surface area (TPSA) is 67.4 Å². The molecule has 5 nitrogen and oxygen atoms in total. The molecule has 0 unspecified atom stereocenters. The van der Waals surface area contributed by atoms with Crippen molar-refractivity contribution in [2.45, 2.75) is 20.5 Å². The smallest absolute Gasteiger partial charge is 0.255 e. The van der Waals surface area contributed by atoms with Crippen LogP contribution in [0, 0.1) is 5.92 Å². The molecular formula is C19H22N2O3. The van der Waals surface area contributed by atoms with E-state index in [1.54, 1.807) is 43.5 Å². The van der Waals surface area contributed by atoms with Crippen molar-refractivity contribution < 1.29 is 14.3 Å². The molecule has 0 radical (unpaired) electrons. The van der Waals surface area contributed by atoms with Crippen LogP contribution in [0.5, 0.6) is 0 Å². The van der Waals surface area contributed by atoms with Crippen molar-refractivity contribution in [3.05, 3.63) is 59.7 Å². The monoisotopic (exact) mass is 326 g/mol. The summed E-state index contributed by atoms with van der Waals surface area (Å²) in [4.78, 5) is 24.0. The third kappa shape index (κ3) is 4.93. The zero-order valence-corrected chi connectivity index (χ0v) is 14.1. The highest BCUT2D eigenvalue weighted by Gasteiger charge is 2.09. The van der Waals surface area contributed by atoms with E-state index in [2.05, 4.69) is 10.6 Å². The van der Waals surface area contributed by atoms with Crippen molar-refractivity contribution in [2.24, 2.45) is 5.92 Å². The Morgan fingerprint density at radius 2 is 1.62 bits per heavy atom. The molecule has 0 heterocycles. The van der Waals surface area contributed by atoms with Gasteiger partial charge in [0.25, 0.3) is 5.91 Å². The maximum Gasteiger partial charge on any atom is 0.255 e. The molecule has 2 rings (SSSR count). The van der Waals surface area contributed by atoms with Gasteiger partial charge in [0, 0.05) is 30.0 Å². The Labute approximate surface area is 142 Å². The van der Waals surface area contributed by atoms with E-state index < -0.39 is 0 Å². The van der Waals surface area contributed by atoms with Crippen LogP contribution >= 0.6 is 0 Å². The number of rotatable bonds is 6. The minimum absolute atomic E-state index is 0.0401. The summed E-state index contributed by atoms with van der Waals surface area (Å²) in [5.74, 6) is -0.308. The van der Waals surface area contributed by atoms with Crippen LogP contribution in [-0.2, 0) is 16.1 Å². The maximum absolute atomic E-state index is 12.3. The van der Waals surface area contributed by atoms with Crippen LogP contribution in [0.3, 0.4) is 0 Å². The van der Waals surface area contributed by atoms with Gasteiger partial charge >= 0.3 is 0 Å². The van der Waals surface area contributed by atoms with E-state index in [4.69, 9.17) is 4.74 Å². The Kier molecular flexibility index (Phi) is 6.09. The van der Waals surface area contributed by atoms with Crippen LogP contribution in [-0.4, -0.2) is 18.9 Å². The average molecular weight is 326 g/mol. The summed E-state index contributed by atoms with van der Waals surface area (Å²) in [5, 5.41) is 5.65. The first-order valence-electron chi connectivity index (χ1n) is 7.79. The summed E-state index contributed by atoms with van der Waals surface area (Å²) < 4.78 is 5.08. The SMILES string of the molecule is COCc1cccc(C(=O)Nc2ccc(NC(=O)C(C)C)cc2)c1. The Morgan fingerprint density at radius 1 is 1.00 bits per heavy atom. The van der Waals surface area contributed by atoms with Gasteiger partial charge in [-0.2, -0.15) is 0 Å². The van der Waals surface area contributed by atoms with Gasteiger partial charge < -0.3 is 15.4 Å². The zero-order valence-electron chi connectivity index (χ0n) is 14.1. The number of amides is 2. The van der Waals surface area contributed by atoms with Crippen LogP contribution in [0.2, 0.25) is 0 Å². The number of hydrogen-bond acceptors (Lipinski definition) is 3. The van der Waals surface area contributed by atoms with Crippen LogP contribution in [0.4, 0.5) is 11.4 Å². The molecule has 0 aliphatic carbocycles. The predicted molar refractivity (Wildman–Crippen MR) is 95.0 cm³/mol. The molecule has 2 aromatic rings. The summed E-state index contributed by atoms with van der Waals surface area (Å²) in [7, 11) is 1.62. The number of anilines is 2. The van der Waals surface area contributed by atoms with Crippen molar-refractivity contribution in [2.75, 3.05) is 17.7 Å². The van der Waals surface area contributed by atoms with E-state index >= 15 is 0 Å². The van der Waals surface area contributed by atoms with Gasteiger partial charge in [0.2, 0.25) is 5.91 Å². The Bertz CT molecular complexity index is 709. The quantitative estimate of drug-likeness (QED) is 0.851. The highest BCUT2D eigenvalue weighted by molar-refractivity contribution is 6.04. The number of carbonyl (C=O) groups is 2. The molecule has 2 aromatic carbocycles. The molecular weight excluding hydrogens is 304 g/mol. The molecule has 0 bridgehead atoms. The molecule has 0 aliphatic rings. The van der Waals surface area contributed by atoms with Gasteiger partial charge in [-0.3, -0.25) is 9.59 Å². The van der Waals surface area contributed by atoms with E-state index in [0.717, 1.165) is 5.56 Å². The third-order valence-electron chi connectivity index (χ3n) is 3.43. The fourth-order valence-corrected chi connectivity index (χ4v) is 2.10. The van der Waals surface area contributed by atoms with Gasteiger partial charge in [-0.05, 0) is 42.0 Å². The fraction of sp³-hybridized carbons (Fsp3) is 0.263. The van der Waals surface area contributed by atoms with Gasteiger partial charge in [0.05, 0.1) is 6.61 Å². The van der Waals surface area contributed by atoms with Gasteiger partial charge in [-0.25, -0.2) is 0 Å². The lowest BCUT2D eigenvalue weighted by Gasteiger charge is -2.10. The lowest BCUT2D eigenvalue weighted by Crippen LogP contribution is -2.17. The molecule has 0 saturated heterocycles. The second-order valence-electron chi connectivity index (χ2n) is 5.81. The Balaban J connectivity index is 2.01. The minimum atomic E-state index is -0.188. The summed E-state index contributed by atoms with van der Waals surface area (Å²) >= 11 is 0. The highest BCUT2D eigenvalue weighted by Crippen LogP contribution is 2.16. The van der Waals surface area contributed by atoms with Gasteiger partial charge in [0.1, 0.15) is 0 Å². The molecule has 0 saturated carbocycles. The number of methoxy groups -OCH3 is 1. The Hall–Kier alpha value is -2.66. The minimum Gasteiger partial charge on any atom is -0.380 e. The normalized spacial score (nSPS) is 10.5. The number of ether oxygens (including phenoxy) is 1. The average Bonchev–Trinajstić information content (AvgIpc) is 2.57. The lowest BCUT2D eigenvalue weighted by molar-refractivity contribution is -0.118. The van der Waals surface area contributed by atoms with Crippen molar-refractivity contribution in [3.63, 3.8) is 0 Å². The van der Waals surface area contributed by atoms with Crippen molar-refractivity contribution >= 4 is 23.2 Å². The predicted octanol–water partition coefficient (Wildman–Crippen LogP) is 3.68. The molecule has 0 atom stereocenters. The summed E-state index contributed by atoms with van der Waals surface area (Å²) in [6.07, 6.45) is 0. The van der Waals surface area contributed by atoms with E-state index in [0.29, 0.717) is 23.5 Å². The number of benzene rings is 2. The number of nitrogens with one attached hydrogen (secondary N) is 2. The standard InChI is InChI=1S/C19H22N2O3/c1-13(2)18(22)20-16-7-9-17(10-8-16)21-19(23)15-6-4-5-14(11-15)12-24-3/h4-11,13H,12H2,1-3H3,(H,20,22)(H,21,23). The second kappa shape index (κ2) is 8.26. The largest absolute Gasteiger partial charge is 0.380 e. The summed E-state index contributed by atoms with van der Waals surface area (Å²) in [6.45, 7) is 4.13. The molecule has 0 aromatic heterocycles. The van der Waals surface area contributed by atoms with Crippen LogP contribution in [0.25, 0.3) is 0 Å².